The van der Waals surface area contributed by atoms with E-state index in [0.29, 0.717) is 0 Å². The average Bonchev–Trinajstić information content (AvgIpc) is 2.61. The molecule has 2 aromatic carbocycles. The van der Waals surface area contributed by atoms with Crippen LogP contribution in [0.15, 0.2) is 42.5 Å². The third-order valence-electron chi connectivity index (χ3n) is 4.75. The van der Waals surface area contributed by atoms with Gasteiger partial charge in [-0.25, -0.2) is 4.79 Å². The van der Waals surface area contributed by atoms with Crippen molar-refractivity contribution in [2.75, 3.05) is 36.4 Å². The van der Waals surface area contributed by atoms with Gasteiger partial charge in [0.2, 0.25) is 0 Å². The molecular formula is C21H27N3O. The standard InChI is InChI=1S/C21H27N3O/c1-4-18-7-5-6-8-20(18)23-9-11-24(12-10-23)21(25)22-19-14-16(2)13-17(3)15-19/h5-8,13-15H,4,9-12H2,1-3H3,(H,22,25). The van der Waals surface area contributed by atoms with Crippen LogP contribution in [-0.4, -0.2) is 37.1 Å². The molecule has 1 N–H and O–H groups in total. The highest BCUT2D eigenvalue weighted by atomic mass is 16.2. The number of rotatable bonds is 3. The molecule has 132 valence electrons. The number of hydrogen-bond donors (Lipinski definition) is 1. The molecule has 25 heavy (non-hydrogen) atoms. The number of piperazine rings is 1. The Labute approximate surface area is 150 Å². The molecule has 1 saturated heterocycles. The van der Waals surface area contributed by atoms with Gasteiger partial charge in [0.1, 0.15) is 0 Å². The van der Waals surface area contributed by atoms with Crippen LogP contribution in [0.1, 0.15) is 23.6 Å². The Bertz CT molecular complexity index is 728. The first-order valence-electron chi connectivity index (χ1n) is 9.04. The monoisotopic (exact) mass is 337 g/mol. The first-order valence-corrected chi connectivity index (χ1v) is 9.04. The molecule has 0 saturated carbocycles. The second kappa shape index (κ2) is 7.60. The molecular weight excluding hydrogens is 310 g/mol. The molecule has 0 atom stereocenters. The normalized spacial score (nSPS) is 14.5. The minimum absolute atomic E-state index is 0.00609. The first kappa shape index (κ1) is 17.3. The van der Waals surface area contributed by atoms with Gasteiger partial charge >= 0.3 is 6.03 Å². The number of carbonyl (C=O) groups excluding carboxylic acids is 1. The molecule has 0 aromatic heterocycles. The van der Waals surface area contributed by atoms with Gasteiger partial charge in [0.15, 0.2) is 0 Å². The number of urea groups is 1. The lowest BCUT2D eigenvalue weighted by atomic mass is 10.1. The number of nitrogens with zero attached hydrogens (tertiary/aromatic N) is 2. The van der Waals surface area contributed by atoms with Crippen LogP contribution in [0.25, 0.3) is 0 Å². The van der Waals surface area contributed by atoms with Crippen LogP contribution in [0.5, 0.6) is 0 Å². The predicted octanol–water partition coefficient (Wildman–Crippen LogP) is 4.22. The van der Waals surface area contributed by atoms with Crippen LogP contribution in [0.3, 0.4) is 0 Å². The number of hydrogen-bond acceptors (Lipinski definition) is 2. The highest BCUT2D eigenvalue weighted by Crippen LogP contribution is 2.22. The average molecular weight is 337 g/mol. The zero-order chi connectivity index (χ0) is 17.8. The number of amides is 2. The molecule has 1 heterocycles. The van der Waals surface area contributed by atoms with E-state index in [9.17, 15) is 4.79 Å². The molecule has 3 rings (SSSR count). The Morgan fingerprint density at radius 3 is 2.28 bits per heavy atom. The van der Waals surface area contributed by atoms with Gasteiger partial charge in [-0.2, -0.15) is 0 Å². The van der Waals surface area contributed by atoms with Crippen molar-refractivity contribution in [3.05, 3.63) is 59.2 Å². The van der Waals surface area contributed by atoms with E-state index in [1.54, 1.807) is 0 Å². The van der Waals surface area contributed by atoms with Crippen molar-refractivity contribution >= 4 is 17.4 Å². The molecule has 4 nitrogen and oxygen atoms in total. The molecule has 2 amide bonds. The van der Waals surface area contributed by atoms with E-state index in [0.717, 1.165) is 49.4 Å². The summed E-state index contributed by atoms with van der Waals surface area (Å²) >= 11 is 0. The number of aryl methyl sites for hydroxylation is 3. The summed E-state index contributed by atoms with van der Waals surface area (Å²) in [6, 6.07) is 14.7. The SMILES string of the molecule is CCc1ccccc1N1CCN(C(=O)Nc2cc(C)cc(C)c2)CC1. The van der Waals surface area contributed by atoms with Crippen LogP contribution in [-0.2, 0) is 6.42 Å². The molecule has 0 aliphatic carbocycles. The first-order chi connectivity index (χ1) is 12.1. The van der Waals surface area contributed by atoms with Crippen molar-refractivity contribution in [3.8, 4) is 0 Å². The lowest BCUT2D eigenvalue weighted by molar-refractivity contribution is 0.208. The number of carbonyl (C=O) groups is 1. The number of nitrogens with one attached hydrogen (secondary N) is 1. The molecule has 1 aliphatic rings. The van der Waals surface area contributed by atoms with Crippen LogP contribution < -0.4 is 10.2 Å². The molecule has 0 unspecified atom stereocenters. The van der Waals surface area contributed by atoms with Crippen molar-refractivity contribution in [1.29, 1.82) is 0 Å². The minimum Gasteiger partial charge on any atom is -0.368 e. The van der Waals surface area contributed by atoms with Crippen molar-refractivity contribution < 1.29 is 4.79 Å². The van der Waals surface area contributed by atoms with Gasteiger partial charge in [0.05, 0.1) is 0 Å². The summed E-state index contributed by atoms with van der Waals surface area (Å²) in [6.07, 6.45) is 1.03. The predicted molar refractivity (Wildman–Crippen MR) is 105 cm³/mol. The summed E-state index contributed by atoms with van der Waals surface area (Å²) in [5.74, 6) is 0. The molecule has 0 radical (unpaired) electrons. The Hall–Kier alpha value is -2.49. The lowest BCUT2D eigenvalue weighted by Gasteiger charge is -2.37. The van der Waals surface area contributed by atoms with E-state index >= 15 is 0 Å². The van der Waals surface area contributed by atoms with E-state index < -0.39 is 0 Å². The van der Waals surface area contributed by atoms with Gasteiger partial charge in [-0.15, -0.1) is 0 Å². The van der Waals surface area contributed by atoms with E-state index in [-0.39, 0.29) is 6.03 Å². The van der Waals surface area contributed by atoms with E-state index in [1.165, 1.54) is 11.3 Å². The third kappa shape index (κ3) is 4.13. The largest absolute Gasteiger partial charge is 0.368 e. The van der Waals surface area contributed by atoms with Crippen LogP contribution in [0, 0.1) is 13.8 Å². The highest BCUT2D eigenvalue weighted by molar-refractivity contribution is 5.89. The van der Waals surface area contributed by atoms with E-state index in [1.807, 2.05) is 30.9 Å². The fourth-order valence-electron chi connectivity index (χ4n) is 3.52. The van der Waals surface area contributed by atoms with E-state index in [4.69, 9.17) is 0 Å². The van der Waals surface area contributed by atoms with Gasteiger partial charge in [0, 0.05) is 37.6 Å². The number of benzene rings is 2. The summed E-state index contributed by atoms with van der Waals surface area (Å²) in [5.41, 5.74) is 5.88. The van der Waals surface area contributed by atoms with Gasteiger partial charge < -0.3 is 15.1 Å². The van der Waals surface area contributed by atoms with Gasteiger partial charge in [0.25, 0.3) is 0 Å². The molecule has 0 bridgehead atoms. The topological polar surface area (TPSA) is 35.6 Å². The summed E-state index contributed by atoms with van der Waals surface area (Å²) in [6.45, 7) is 9.52. The minimum atomic E-state index is -0.00609. The second-order valence-corrected chi connectivity index (χ2v) is 6.76. The van der Waals surface area contributed by atoms with Crippen molar-refractivity contribution in [2.24, 2.45) is 0 Å². The summed E-state index contributed by atoms with van der Waals surface area (Å²) in [7, 11) is 0. The van der Waals surface area contributed by atoms with Crippen LogP contribution in [0.4, 0.5) is 16.2 Å². The molecule has 4 heteroatoms. The van der Waals surface area contributed by atoms with Crippen molar-refractivity contribution in [2.45, 2.75) is 27.2 Å². The fourth-order valence-corrected chi connectivity index (χ4v) is 3.52. The summed E-state index contributed by atoms with van der Waals surface area (Å²) in [5, 5.41) is 3.04. The fraction of sp³-hybridized carbons (Fsp3) is 0.381. The third-order valence-corrected chi connectivity index (χ3v) is 4.75. The Kier molecular flexibility index (Phi) is 5.27. The van der Waals surface area contributed by atoms with Crippen LogP contribution >= 0.6 is 0 Å². The smallest absolute Gasteiger partial charge is 0.321 e. The zero-order valence-corrected chi connectivity index (χ0v) is 15.4. The quantitative estimate of drug-likeness (QED) is 0.910. The maximum atomic E-state index is 12.6. The Balaban J connectivity index is 1.61. The molecule has 2 aromatic rings. The number of para-hydroxylation sites is 1. The second-order valence-electron chi connectivity index (χ2n) is 6.76. The molecule has 1 fully saturated rings. The zero-order valence-electron chi connectivity index (χ0n) is 15.4. The Morgan fingerprint density at radius 2 is 1.64 bits per heavy atom. The van der Waals surface area contributed by atoms with Crippen molar-refractivity contribution in [3.63, 3.8) is 0 Å². The van der Waals surface area contributed by atoms with E-state index in [2.05, 4.69) is 47.5 Å². The highest BCUT2D eigenvalue weighted by Gasteiger charge is 2.22. The van der Waals surface area contributed by atoms with Crippen molar-refractivity contribution in [1.82, 2.24) is 4.90 Å². The Morgan fingerprint density at radius 1 is 1.00 bits per heavy atom. The lowest BCUT2D eigenvalue weighted by Crippen LogP contribution is -2.50. The summed E-state index contributed by atoms with van der Waals surface area (Å²) in [4.78, 5) is 16.8. The number of anilines is 2. The molecule has 1 aliphatic heterocycles. The summed E-state index contributed by atoms with van der Waals surface area (Å²) < 4.78 is 0. The van der Waals surface area contributed by atoms with Crippen LogP contribution in [0.2, 0.25) is 0 Å². The maximum absolute atomic E-state index is 12.6. The van der Waals surface area contributed by atoms with Gasteiger partial charge in [-0.05, 0) is 55.2 Å². The maximum Gasteiger partial charge on any atom is 0.321 e. The van der Waals surface area contributed by atoms with Gasteiger partial charge in [-0.3, -0.25) is 0 Å². The molecule has 0 spiro atoms. The van der Waals surface area contributed by atoms with Gasteiger partial charge in [-0.1, -0.05) is 31.2 Å².